The fourth-order valence-electron chi connectivity index (χ4n) is 6.79. The quantitative estimate of drug-likeness (QED) is 0.0205. The Hall–Kier alpha value is -5.21. The highest BCUT2D eigenvalue weighted by atomic mass is 33.1. The van der Waals surface area contributed by atoms with E-state index in [4.69, 9.17) is 48.9 Å². The third-order valence-corrected chi connectivity index (χ3v) is 14.8. The number of nitro benzene ring substituents is 1. The highest BCUT2D eigenvalue weighted by Crippen LogP contribution is 2.50. The molecular weight excluding hydrogens is 1020 g/mol. The first-order valence-corrected chi connectivity index (χ1v) is 25.7. The first-order valence-electron chi connectivity index (χ1n) is 20.3. The van der Waals surface area contributed by atoms with Crippen LogP contribution in [0.4, 0.5) is 22.1 Å². The molecule has 384 valence electrons. The van der Waals surface area contributed by atoms with Crippen molar-refractivity contribution in [3.8, 4) is 11.5 Å². The molecule has 0 saturated carbocycles. The molecule has 1 aromatic carbocycles. The van der Waals surface area contributed by atoms with Crippen molar-refractivity contribution >= 4 is 77.8 Å². The largest absolute Gasteiger partial charge is 0.493 e. The van der Waals surface area contributed by atoms with Crippen molar-refractivity contribution in [2.75, 3.05) is 44.7 Å². The number of phosphoric ester groups is 2. The number of ether oxygens (including phenoxy) is 6. The molecule has 4 aromatic rings. The molecule has 5 heterocycles. The number of nitro groups is 1. The van der Waals surface area contributed by atoms with Crippen LogP contribution in [0.15, 0.2) is 41.8 Å². The second-order valence-corrected chi connectivity index (χ2v) is 21.8. The van der Waals surface area contributed by atoms with Gasteiger partial charge in [0.15, 0.2) is 35.3 Å². The summed E-state index contributed by atoms with van der Waals surface area (Å²) in [5, 5.41) is 26.0. The van der Waals surface area contributed by atoms with Crippen LogP contribution in [0, 0.1) is 10.1 Å². The molecule has 9 N–H and O–H groups in total. The van der Waals surface area contributed by atoms with Crippen LogP contribution in [0.1, 0.15) is 45.2 Å². The van der Waals surface area contributed by atoms with Gasteiger partial charge in [0.25, 0.3) is 5.69 Å². The fraction of sp³-hybridized carbons (Fsp3) is 0.528. The molecule has 0 bridgehead atoms. The molecule has 34 heteroatoms. The lowest BCUT2D eigenvalue weighted by molar-refractivity contribution is -0.385. The fourth-order valence-corrected chi connectivity index (χ4v) is 10.5. The first-order chi connectivity index (χ1) is 32.9. The number of hydrogen-bond acceptors (Lipinski definition) is 25. The normalized spacial score (nSPS) is 22.8. The second-order valence-electron chi connectivity index (χ2n) is 16.0. The number of benzene rings is 1. The molecular formula is C36H48N10O20P2S2. The maximum Gasteiger partial charge on any atom is 0.472 e. The summed E-state index contributed by atoms with van der Waals surface area (Å²) in [4.78, 5) is 96.7. The van der Waals surface area contributed by atoms with Crippen molar-refractivity contribution in [2.45, 2.75) is 87.6 Å². The van der Waals surface area contributed by atoms with Gasteiger partial charge < -0.3 is 65.0 Å². The molecule has 70 heavy (non-hydrogen) atoms. The maximum absolute atomic E-state index is 14.1. The molecule has 9 atom stereocenters. The third-order valence-electron chi connectivity index (χ3n) is 9.90. The van der Waals surface area contributed by atoms with Crippen LogP contribution in [0.25, 0.3) is 11.2 Å². The van der Waals surface area contributed by atoms with Crippen molar-refractivity contribution in [1.82, 2.24) is 34.4 Å². The number of imidazole rings is 1. The van der Waals surface area contributed by atoms with E-state index in [1.54, 1.807) is 0 Å². The van der Waals surface area contributed by atoms with Crippen LogP contribution in [-0.2, 0) is 53.1 Å². The molecule has 2 fully saturated rings. The predicted molar refractivity (Wildman–Crippen MR) is 243 cm³/mol. The van der Waals surface area contributed by atoms with Gasteiger partial charge in [-0.2, -0.15) is 4.98 Å². The van der Waals surface area contributed by atoms with E-state index in [0.717, 1.165) is 27.8 Å². The molecule has 0 radical (unpaired) electrons. The predicted octanol–water partition coefficient (Wildman–Crippen LogP) is 1.72. The summed E-state index contributed by atoms with van der Waals surface area (Å²) in [7, 11) is -5.36. The van der Waals surface area contributed by atoms with E-state index in [1.807, 2.05) is 20.8 Å². The minimum atomic E-state index is -5.31. The Morgan fingerprint density at radius 2 is 1.74 bits per heavy atom. The molecule has 1 amide bonds. The van der Waals surface area contributed by atoms with Gasteiger partial charge in [-0.05, 0) is 12.1 Å². The summed E-state index contributed by atoms with van der Waals surface area (Å²) in [5.74, 6) is -1.36. The Morgan fingerprint density at radius 3 is 2.40 bits per heavy atom. The SMILES string of the molecule is COc1cc(COC(=O)NC(CSSC(C)(C)C)C(=O)O[C@H]2[C@@H](O)[C@H](n3cnc4c(N)ncnc43)O[C@@H]2COP(=O)(O)O[C@H]2C[C@H](n3ccc(N)nc3=O)O[C@@H]2COP(=O)(O)O)c([N+](=O)[O-])cc1OC. The van der Waals surface area contributed by atoms with Gasteiger partial charge in [0.1, 0.15) is 61.0 Å². The number of esters is 1. The van der Waals surface area contributed by atoms with Crippen LogP contribution in [0.5, 0.6) is 11.5 Å². The van der Waals surface area contributed by atoms with Crippen molar-refractivity contribution in [1.29, 1.82) is 0 Å². The zero-order valence-corrected chi connectivity index (χ0v) is 40.9. The standard InChI is InChI=1S/C36H48N10O20P2S2/c1-36(2,3)70-69-14-18(42-35(50)60-11-17-8-20(58-4)21(59-5)9-19(17)46(51)52)33(48)65-29-24(64-32(28(29)47)45-16-41-27-30(38)39-15-40-31(27)45)13-62-68(56,57)66-22-10-26(44-7-6-25(37)43-34(44)49)63-23(22)12-61-67(53,54)55/h6-9,15-16,18,22-24,26,28-29,32,47H,10-14H2,1-5H3,(H,42,50)(H,56,57)(H2,37,43,49)(H2,38,39,40)(H2,53,54,55)/t18?,22-,23+,24+,26+,28+,29+,32+/m0/s1. The number of nitrogen functional groups attached to an aromatic ring is 2. The van der Waals surface area contributed by atoms with Gasteiger partial charge in [-0.1, -0.05) is 42.4 Å². The number of nitrogens with two attached hydrogens (primary N) is 2. The average Bonchev–Trinajstić information content (AvgIpc) is 3.97. The van der Waals surface area contributed by atoms with Crippen LogP contribution in [0.3, 0.4) is 0 Å². The summed E-state index contributed by atoms with van der Waals surface area (Å²) in [6.45, 7) is 3.15. The van der Waals surface area contributed by atoms with Gasteiger partial charge in [0.2, 0.25) is 0 Å². The van der Waals surface area contributed by atoms with Gasteiger partial charge in [0.05, 0.1) is 50.3 Å². The van der Waals surface area contributed by atoms with Crippen molar-refractivity contribution in [3.63, 3.8) is 0 Å². The third kappa shape index (κ3) is 13.8. The summed E-state index contributed by atoms with van der Waals surface area (Å²) in [5.41, 5.74) is 10.3. The molecule has 0 aliphatic carbocycles. The van der Waals surface area contributed by atoms with Crippen LogP contribution in [0.2, 0.25) is 0 Å². The van der Waals surface area contributed by atoms with Crippen molar-refractivity contribution in [3.05, 3.63) is 63.2 Å². The number of phosphoric acid groups is 2. The smallest absolute Gasteiger partial charge is 0.472 e. The number of carbonyl (C=O) groups excluding carboxylic acids is 2. The van der Waals surface area contributed by atoms with E-state index in [0.29, 0.717) is 0 Å². The number of aliphatic hydroxyl groups is 1. The molecule has 2 saturated heterocycles. The second kappa shape index (κ2) is 22.5. The summed E-state index contributed by atoms with van der Waals surface area (Å²) in [6.07, 6.45) is -9.12. The molecule has 2 aliphatic heterocycles. The van der Waals surface area contributed by atoms with E-state index in [2.05, 4.69) is 29.8 Å². The Bertz CT molecular complexity index is 2710. The van der Waals surface area contributed by atoms with Gasteiger partial charge >= 0.3 is 33.4 Å². The number of hydrogen-bond donors (Lipinski definition) is 7. The van der Waals surface area contributed by atoms with Crippen LogP contribution in [-0.4, -0.2) is 140 Å². The maximum atomic E-state index is 14.1. The molecule has 2 aliphatic rings. The number of fused-ring (bicyclic) bond motifs is 1. The molecule has 2 unspecified atom stereocenters. The zero-order valence-electron chi connectivity index (χ0n) is 37.4. The van der Waals surface area contributed by atoms with Crippen LogP contribution >= 0.6 is 37.2 Å². The molecule has 3 aromatic heterocycles. The number of methoxy groups -OCH3 is 2. The van der Waals surface area contributed by atoms with Gasteiger partial charge in [0, 0.05) is 23.1 Å². The topological polar surface area (TPSA) is 418 Å². The highest BCUT2D eigenvalue weighted by Gasteiger charge is 2.50. The Labute approximate surface area is 403 Å². The van der Waals surface area contributed by atoms with E-state index in [-0.39, 0.29) is 56.8 Å². The Morgan fingerprint density at radius 1 is 1.04 bits per heavy atom. The van der Waals surface area contributed by atoms with E-state index in [1.165, 1.54) is 54.2 Å². The van der Waals surface area contributed by atoms with E-state index >= 15 is 0 Å². The van der Waals surface area contributed by atoms with E-state index < -0.39 is 113 Å². The number of aliphatic hydroxyl groups excluding tert-OH is 1. The summed E-state index contributed by atoms with van der Waals surface area (Å²) >= 11 is 0. The Kier molecular flexibility index (Phi) is 17.4. The number of alkyl carbamates (subject to hydrolysis) is 1. The monoisotopic (exact) mass is 1070 g/mol. The number of aromatic nitrogens is 6. The molecule has 30 nitrogen and oxygen atoms in total. The number of carbonyl (C=O) groups is 2. The summed E-state index contributed by atoms with van der Waals surface area (Å²) < 4.78 is 75.6. The first kappa shape index (κ1) is 54.1. The average molecular weight is 1070 g/mol. The summed E-state index contributed by atoms with van der Waals surface area (Å²) in [6, 6.07) is 2.04. The number of anilines is 2. The highest BCUT2D eigenvalue weighted by molar-refractivity contribution is 8.77. The lowest BCUT2D eigenvalue weighted by Gasteiger charge is -2.26. The van der Waals surface area contributed by atoms with Gasteiger partial charge in [-0.3, -0.25) is 32.8 Å². The van der Waals surface area contributed by atoms with Crippen molar-refractivity contribution < 1.29 is 85.4 Å². The Balaban J connectivity index is 1.23. The number of amides is 1. The number of nitrogens with zero attached hydrogens (tertiary/aromatic N) is 7. The van der Waals surface area contributed by atoms with E-state index in [9.17, 15) is 53.4 Å². The number of nitrogens with one attached hydrogen (secondary N) is 1. The number of rotatable bonds is 21. The van der Waals surface area contributed by atoms with Crippen LogP contribution < -0.4 is 31.9 Å². The minimum Gasteiger partial charge on any atom is -0.493 e. The zero-order chi connectivity index (χ0) is 51.3. The minimum absolute atomic E-state index is 0.0372. The van der Waals surface area contributed by atoms with Crippen molar-refractivity contribution in [2.24, 2.45) is 0 Å². The van der Waals surface area contributed by atoms with Gasteiger partial charge in [-0.25, -0.2) is 38.5 Å². The lowest BCUT2D eigenvalue weighted by Crippen LogP contribution is -2.48. The molecule has 0 spiro atoms. The molecule has 6 rings (SSSR count). The lowest BCUT2D eigenvalue weighted by atomic mass is 10.1. The van der Waals surface area contributed by atoms with Gasteiger partial charge in [-0.15, -0.1) is 0 Å².